The molecule has 1 aliphatic rings. The van der Waals surface area contributed by atoms with E-state index in [-0.39, 0.29) is 12.1 Å². The third kappa shape index (κ3) is 3.84. The molecule has 2 N–H and O–H groups in total. The lowest BCUT2D eigenvalue weighted by Gasteiger charge is -2.38. The van der Waals surface area contributed by atoms with Crippen LogP contribution in [-0.4, -0.2) is 42.2 Å². The molecule has 0 aliphatic carbocycles. The highest BCUT2D eigenvalue weighted by Crippen LogP contribution is 2.25. The molecular formula is C14H25N3O2S2. The van der Waals surface area contributed by atoms with Crippen LogP contribution in [0.4, 0.5) is 0 Å². The number of piperidine rings is 1. The summed E-state index contributed by atoms with van der Waals surface area (Å²) in [5, 5.41) is 1.98. The van der Waals surface area contributed by atoms with Gasteiger partial charge in [-0.1, -0.05) is 12.5 Å². The van der Waals surface area contributed by atoms with Gasteiger partial charge in [-0.15, -0.1) is 11.3 Å². The third-order valence-electron chi connectivity index (χ3n) is 3.91. The first kappa shape index (κ1) is 16.9. The van der Waals surface area contributed by atoms with Crippen LogP contribution in [0.1, 0.15) is 38.0 Å². The van der Waals surface area contributed by atoms with E-state index in [1.807, 2.05) is 31.4 Å². The minimum Gasteiger partial charge on any atom is -0.329 e. The first-order chi connectivity index (χ1) is 9.96. The van der Waals surface area contributed by atoms with Crippen molar-refractivity contribution in [2.24, 2.45) is 5.73 Å². The summed E-state index contributed by atoms with van der Waals surface area (Å²) in [4.78, 5) is 1.06. The standard InChI is InChI=1S/C14H25N3O2S2/c1-12(2)17(11-14-7-5-9-20-14)21(18,19)16-8-4-3-6-13(16)10-15/h5,7,9,12-13H,3-4,6,8,10-11,15H2,1-2H3. The minimum atomic E-state index is -3.47. The summed E-state index contributed by atoms with van der Waals surface area (Å²) in [6, 6.07) is 3.80. The normalized spacial score (nSPS) is 21.3. The van der Waals surface area contributed by atoms with Gasteiger partial charge in [0.15, 0.2) is 0 Å². The van der Waals surface area contributed by atoms with Crippen molar-refractivity contribution in [3.8, 4) is 0 Å². The van der Waals surface area contributed by atoms with Crippen molar-refractivity contribution < 1.29 is 8.42 Å². The van der Waals surface area contributed by atoms with Crippen LogP contribution in [0.25, 0.3) is 0 Å². The smallest absolute Gasteiger partial charge is 0.282 e. The van der Waals surface area contributed by atoms with Crippen molar-refractivity contribution in [3.05, 3.63) is 22.4 Å². The minimum absolute atomic E-state index is 0.0617. The molecule has 21 heavy (non-hydrogen) atoms. The van der Waals surface area contributed by atoms with E-state index in [0.717, 1.165) is 24.1 Å². The Labute approximate surface area is 131 Å². The molecule has 0 bridgehead atoms. The van der Waals surface area contributed by atoms with Gasteiger partial charge in [0.05, 0.1) is 0 Å². The van der Waals surface area contributed by atoms with Crippen LogP contribution in [0.3, 0.4) is 0 Å². The fraction of sp³-hybridized carbons (Fsp3) is 0.714. The Balaban J connectivity index is 2.24. The van der Waals surface area contributed by atoms with E-state index in [2.05, 4.69) is 0 Å². The second-order valence-electron chi connectivity index (χ2n) is 5.72. The number of hydrogen-bond acceptors (Lipinski definition) is 4. The maximum atomic E-state index is 13.0. The van der Waals surface area contributed by atoms with Gasteiger partial charge in [-0.3, -0.25) is 0 Å². The maximum absolute atomic E-state index is 13.0. The van der Waals surface area contributed by atoms with Gasteiger partial charge in [0.25, 0.3) is 10.2 Å². The Morgan fingerprint density at radius 1 is 1.48 bits per heavy atom. The zero-order chi connectivity index (χ0) is 15.5. The summed E-state index contributed by atoms with van der Waals surface area (Å²) >= 11 is 1.59. The van der Waals surface area contributed by atoms with Gasteiger partial charge in [-0.2, -0.15) is 17.0 Å². The molecule has 1 aromatic rings. The third-order valence-corrected chi connectivity index (χ3v) is 6.98. The van der Waals surface area contributed by atoms with E-state index in [4.69, 9.17) is 5.73 Å². The predicted octanol–water partition coefficient (Wildman–Crippen LogP) is 2.02. The molecule has 5 nitrogen and oxygen atoms in total. The molecule has 120 valence electrons. The second kappa shape index (κ2) is 7.19. The van der Waals surface area contributed by atoms with Crippen LogP contribution in [0.2, 0.25) is 0 Å². The highest BCUT2D eigenvalue weighted by molar-refractivity contribution is 7.86. The monoisotopic (exact) mass is 331 g/mol. The van der Waals surface area contributed by atoms with Crippen LogP contribution in [0.15, 0.2) is 17.5 Å². The second-order valence-corrected chi connectivity index (χ2v) is 8.59. The quantitative estimate of drug-likeness (QED) is 0.867. The van der Waals surface area contributed by atoms with Crippen molar-refractivity contribution in [1.82, 2.24) is 8.61 Å². The fourth-order valence-electron chi connectivity index (χ4n) is 2.73. The number of nitrogens with zero attached hydrogens (tertiary/aromatic N) is 2. The van der Waals surface area contributed by atoms with Gasteiger partial charge in [0.2, 0.25) is 0 Å². The molecule has 1 atom stereocenters. The Morgan fingerprint density at radius 2 is 2.24 bits per heavy atom. The van der Waals surface area contributed by atoms with E-state index < -0.39 is 10.2 Å². The number of nitrogens with two attached hydrogens (primary N) is 1. The molecule has 1 unspecified atom stereocenters. The van der Waals surface area contributed by atoms with Gasteiger partial charge in [-0.05, 0) is 38.1 Å². The molecule has 0 amide bonds. The number of hydrogen-bond donors (Lipinski definition) is 1. The molecule has 0 radical (unpaired) electrons. The predicted molar refractivity (Wildman–Crippen MR) is 87.3 cm³/mol. The summed E-state index contributed by atoms with van der Waals surface area (Å²) in [6.07, 6.45) is 2.84. The average Bonchev–Trinajstić information content (AvgIpc) is 2.97. The summed E-state index contributed by atoms with van der Waals surface area (Å²) in [5.74, 6) is 0. The topological polar surface area (TPSA) is 66.6 Å². The molecule has 2 rings (SSSR count). The molecule has 1 saturated heterocycles. The van der Waals surface area contributed by atoms with E-state index in [0.29, 0.717) is 19.6 Å². The van der Waals surface area contributed by atoms with Gasteiger partial charge in [0.1, 0.15) is 0 Å². The summed E-state index contributed by atoms with van der Waals surface area (Å²) in [5.41, 5.74) is 5.78. The van der Waals surface area contributed by atoms with Crippen LogP contribution in [0.5, 0.6) is 0 Å². The molecular weight excluding hydrogens is 306 g/mol. The van der Waals surface area contributed by atoms with Crippen molar-refractivity contribution in [2.75, 3.05) is 13.1 Å². The molecule has 1 aliphatic heterocycles. The first-order valence-corrected chi connectivity index (χ1v) is 9.75. The Morgan fingerprint density at radius 3 is 2.81 bits per heavy atom. The van der Waals surface area contributed by atoms with Crippen molar-refractivity contribution in [1.29, 1.82) is 0 Å². The van der Waals surface area contributed by atoms with Crippen molar-refractivity contribution in [2.45, 2.75) is 51.7 Å². The molecule has 1 fully saturated rings. The Hall–Kier alpha value is -0.470. The number of rotatable bonds is 6. The Kier molecular flexibility index (Phi) is 5.79. The number of thiophene rings is 1. The molecule has 0 saturated carbocycles. The summed E-state index contributed by atoms with van der Waals surface area (Å²) < 4.78 is 29.3. The lowest BCUT2D eigenvalue weighted by Crippen LogP contribution is -2.54. The summed E-state index contributed by atoms with van der Waals surface area (Å²) in [6.45, 7) is 5.26. The van der Waals surface area contributed by atoms with Crippen LogP contribution >= 0.6 is 11.3 Å². The fourth-order valence-corrected chi connectivity index (χ4v) is 5.55. The zero-order valence-corrected chi connectivity index (χ0v) is 14.4. The first-order valence-electron chi connectivity index (χ1n) is 7.48. The Bertz CT molecular complexity index is 528. The molecule has 0 aromatic carbocycles. The van der Waals surface area contributed by atoms with E-state index in [1.165, 1.54) is 0 Å². The van der Waals surface area contributed by atoms with Gasteiger partial charge in [-0.25, -0.2) is 0 Å². The van der Waals surface area contributed by atoms with Crippen molar-refractivity contribution in [3.63, 3.8) is 0 Å². The van der Waals surface area contributed by atoms with E-state index in [1.54, 1.807) is 19.9 Å². The summed E-state index contributed by atoms with van der Waals surface area (Å²) in [7, 11) is -3.47. The molecule has 1 aromatic heterocycles. The largest absolute Gasteiger partial charge is 0.329 e. The van der Waals surface area contributed by atoms with Gasteiger partial charge in [0, 0.05) is 36.6 Å². The maximum Gasteiger partial charge on any atom is 0.282 e. The SMILES string of the molecule is CC(C)N(Cc1cccs1)S(=O)(=O)N1CCCCC1CN. The highest BCUT2D eigenvalue weighted by Gasteiger charge is 2.37. The van der Waals surface area contributed by atoms with E-state index >= 15 is 0 Å². The van der Waals surface area contributed by atoms with Crippen LogP contribution in [0, 0.1) is 0 Å². The van der Waals surface area contributed by atoms with Gasteiger partial charge >= 0.3 is 0 Å². The molecule has 2 heterocycles. The highest BCUT2D eigenvalue weighted by atomic mass is 32.2. The van der Waals surface area contributed by atoms with E-state index in [9.17, 15) is 8.42 Å². The van der Waals surface area contributed by atoms with Crippen LogP contribution < -0.4 is 5.73 Å². The lowest BCUT2D eigenvalue weighted by atomic mass is 10.1. The lowest BCUT2D eigenvalue weighted by molar-refractivity contribution is 0.224. The molecule has 0 spiro atoms. The van der Waals surface area contributed by atoms with Crippen LogP contribution in [-0.2, 0) is 16.8 Å². The van der Waals surface area contributed by atoms with Crippen molar-refractivity contribution >= 4 is 21.5 Å². The van der Waals surface area contributed by atoms with Gasteiger partial charge < -0.3 is 5.73 Å². The zero-order valence-electron chi connectivity index (χ0n) is 12.7. The molecule has 7 heteroatoms. The average molecular weight is 332 g/mol.